The first-order valence-electron chi connectivity index (χ1n) is 7.06. The number of ether oxygens (including phenoxy) is 1. The number of rotatable bonds is 5. The third-order valence-corrected chi connectivity index (χ3v) is 3.95. The zero-order valence-corrected chi connectivity index (χ0v) is 12.4. The molecular formula is C14H17F3N2O4. The molecule has 1 unspecified atom stereocenters. The number of carboxylic acids is 1. The molecule has 1 aromatic heterocycles. The number of anilines is 1. The highest BCUT2D eigenvalue weighted by Crippen LogP contribution is 2.37. The number of aliphatic carboxylic acids is 1. The Morgan fingerprint density at radius 3 is 2.83 bits per heavy atom. The van der Waals surface area contributed by atoms with Crippen LogP contribution < -0.4 is 10.5 Å². The number of H-pyrrole nitrogens is 1. The van der Waals surface area contributed by atoms with Crippen LogP contribution in [0.1, 0.15) is 24.8 Å². The van der Waals surface area contributed by atoms with Crippen LogP contribution in [0.2, 0.25) is 0 Å². The molecule has 0 spiro atoms. The Hall–Kier alpha value is -2.03. The molecule has 0 saturated carbocycles. The molecule has 1 fully saturated rings. The van der Waals surface area contributed by atoms with Gasteiger partial charge >= 0.3 is 12.1 Å². The monoisotopic (exact) mass is 334 g/mol. The van der Waals surface area contributed by atoms with Crippen LogP contribution in [0, 0.1) is 0 Å². The van der Waals surface area contributed by atoms with Gasteiger partial charge in [0.05, 0.1) is 5.69 Å². The van der Waals surface area contributed by atoms with E-state index in [0.29, 0.717) is 19.4 Å². The molecule has 6 nitrogen and oxygen atoms in total. The van der Waals surface area contributed by atoms with E-state index >= 15 is 0 Å². The quantitative estimate of drug-likeness (QED) is 0.859. The number of alkyl halides is 3. The molecule has 0 radical (unpaired) electrons. The van der Waals surface area contributed by atoms with Gasteiger partial charge in [-0.25, -0.2) is 4.79 Å². The van der Waals surface area contributed by atoms with Gasteiger partial charge in [0.25, 0.3) is 5.56 Å². The summed E-state index contributed by atoms with van der Waals surface area (Å²) in [5, 5.41) is 9.04. The van der Waals surface area contributed by atoms with Crippen molar-refractivity contribution in [3.63, 3.8) is 0 Å². The number of carbonyl (C=O) groups is 1. The minimum atomic E-state index is -4.79. The molecule has 2 N–H and O–H groups in total. The second-order valence-electron chi connectivity index (χ2n) is 5.35. The molecule has 1 aliphatic rings. The van der Waals surface area contributed by atoms with E-state index in [1.807, 2.05) is 4.98 Å². The first-order valence-corrected chi connectivity index (χ1v) is 7.06. The number of methoxy groups -OCH3 is 1. The predicted octanol–water partition coefficient (Wildman–Crippen LogP) is 1.85. The Balaban J connectivity index is 2.36. The maximum atomic E-state index is 13.2. The summed E-state index contributed by atoms with van der Waals surface area (Å²) in [7, 11) is 1.24. The van der Waals surface area contributed by atoms with E-state index in [0.717, 1.165) is 6.20 Å². The number of hydrogen-bond donors (Lipinski definition) is 2. The SMILES string of the molecule is COC(C[C@@H]1CCCN1c1cc[nH]c(=O)c1C(F)(F)F)C(=O)O. The van der Waals surface area contributed by atoms with Gasteiger partial charge in [-0.2, -0.15) is 13.2 Å². The number of carboxylic acid groups (broad SMARTS) is 1. The van der Waals surface area contributed by atoms with E-state index in [4.69, 9.17) is 9.84 Å². The van der Waals surface area contributed by atoms with Crippen molar-refractivity contribution >= 4 is 11.7 Å². The van der Waals surface area contributed by atoms with Crippen LogP contribution in [-0.4, -0.2) is 41.9 Å². The van der Waals surface area contributed by atoms with E-state index in [1.54, 1.807) is 0 Å². The second-order valence-corrected chi connectivity index (χ2v) is 5.35. The minimum Gasteiger partial charge on any atom is -0.479 e. The molecule has 128 valence electrons. The third-order valence-electron chi connectivity index (χ3n) is 3.95. The summed E-state index contributed by atoms with van der Waals surface area (Å²) in [5.74, 6) is -1.17. The summed E-state index contributed by atoms with van der Waals surface area (Å²) in [6.45, 7) is 0.327. The molecule has 1 aromatic rings. The second kappa shape index (κ2) is 6.61. The molecule has 0 bridgehead atoms. The van der Waals surface area contributed by atoms with Crippen molar-refractivity contribution in [3.05, 3.63) is 28.2 Å². The van der Waals surface area contributed by atoms with E-state index in [-0.39, 0.29) is 12.1 Å². The van der Waals surface area contributed by atoms with Crippen molar-refractivity contribution in [2.75, 3.05) is 18.6 Å². The van der Waals surface area contributed by atoms with Crippen LogP contribution in [0.25, 0.3) is 0 Å². The summed E-state index contributed by atoms with van der Waals surface area (Å²) in [6, 6.07) is 0.768. The lowest BCUT2D eigenvalue weighted by Crippen LogP contribution is -2.38. The van der Waals surface area contributed by atoms with Gasteiger partial charge in [-0.05, 0) is 18.9 Å². The molecule has 1 aliphatic heterocycles. The predicted molar refractivity (Wildman–Crippen MR) is 75.5 cm³/mol. The molecular weight excluding hydrogens is 317 g/mol. The molecule has 2 rings (SSSR count). The van der Waals surface area contributed by atoms with Crippen molar-refractivity contribution in [3.8, 4) is 0 Å². The van der Waals surface area contributed by atoms with Gasteiger partial charge in [-0.1, -0.05) is 0 Å². The van der Waals surface area contributed by atoms with E-state index < -0.39 is 35.4 Å². The summed E-state index contributed by atoms with van der Waals surface area (Å²) >= 11 is 0. The fraction of sp³-hybridized carbons (Fsp3) is 0.571. The summed E-state index contributed by atoms with van der Waals surface area (Å²) < 4.78 is 44.4. The number of nitrogens with one attached hydrogen (secondary N) is 1. The van der Waals surface area contributed by atoms with Crippen LogP contribution in [0.4, 0.5) is 18.9 Å². The highest BCUT2D eigenvalue weighted by Gasteiger charge is 2.40. The number of aromatic amines is 1. The summed E-state index contributed by atoms with van der Waals surface area (Å²) in [6.07, 6.45) is -3.52. The molecule has 2 heterocycles. The topological polar surface area (TPSA) is 82.6 Å². The third kappa shape index (κ3) is 3.66. The Bertz CT molecular complexity index is 629. The van der Waals surface area contributed by atoms with Crippen LogP contribution >= 0.6 is 0 Å². The smallest absolute Gasteiger partial charge is 0.423 e. The van der Waals surface area contributed by atoms with Gasteiger partial charge in [-0.3, -0.25) is 4.79 Å². The Morgan fingerprint density at radius 1 is 1.57 bits per heavy atom. The maximum Gasteiger partial charge on any atom is 0.423 e. The van der Waals surface area contributed by atoms with Crippen LogP contribution in [0.15, 0.2) is 17.1 Å². The lowest BCUT2D eigenvalue weighted by atomic mass is 10.1. The van der Waals surface area contributed by atoms with Gasteiger partial charge in [0.2, 0.25) is 0 Å². The number of pyridine rings is 1. The zero-order valence-electron chi connectivity index (χ0n) is 12.4. The standard InChI is InChI=1S/C14H17F3N2O4/c1-23-10(13(21)22)7-8-3-2-6-19(8)9-4-5-18-12(20)11(9)14(15,16)17/h4-5,8,10H,2-3,6-7H2,1H3,(H,18,20)(H,21,22)/t8-,10?/m0/s1. The number of aromatic nitrogens is 1. The minimum absolute atomic E-state index is 0.0515. The Kier molecular flexibility index (Phi) is 4.98. The molecule has 23 heavy (non-hydrogen) atoms. The first kappa shape index (κ1) is 17.3. The number of hydrogen-bond acceptors (Lipinski definition) is 4. The zero-order chi connectivity index (χ0) is 17.2. The van der Waals surface area contributed by atoms with Gasteiger partial charge in [0.1, 0.15) is 5.56 Å². The molecule has 1 saturated heterocycles. The average molecular weight is 334 g/mol. The lowest BCUT2D eigenvalue weighted by Gasteiger charge is -2.30. The maximum absolute atomic E-state index is 13.2. The molecule has 9 heteroatoms. The number of halogens is 3. The van der Waals surface area contributed by atoms with Crippen LogP contribution in [-0.2, 0) is 15.7 Å². The molecule has 0 aliphatic carbocycles. The van der Waals surface area contributed by atoms with Gasteiger partial charge in [-0.15, -0.1) is 0 Å². The first-order chi connectivity index (χ1) is 10.8. The van der Waals surface area contributed by atoms with Crippen molar-refractivity contribution < 1.29 is 27.8 Å². The molecule has 2 atom stereocenters. The average Bonchev–Trinajstić information content (AvgIpc) is 2.90. The van der Waals surface area contributed by atoms with Crippen molar-refractivity contribution in [1.82, 2.24) is 4.98 Å². The van der Waals surface area contributed by atoms with Crippen molar-refractivity contribution in [1.29, 1.82) is 0 Å². The van der Waals surface area contributed by atoms with Crippen molar-refractivity contribution in [2.45, 2.75) is 37.6 Å². The normalized spacial score (nSPS) is 19.8. The lowest BCUT2D eigenvalue weighted by molar-refractivity contribution is -0.149. The number of nitrogens with zero attached hydrogens (tertiary/aromatic N) is 1. The van der Waals surface area contributed by atoms with E-state index in [9.17, 15) is 22.8 Å². The van der Waals surface area contributed by atoms with Crippen molar-refractivity contribution in [2.24, 2.45) is 0 Å². The highest BCUT2D eigenvalue weighted by atomic mass is 19.4. The van der Waals surface area contributed by atoms with Gasteiger partial charge < -0.3 is 19.7 Å². The summed E-state index contributed by atoms with van der Waals surface area (Å²) in [4.78, 5) is 26.2. The fourth-order valence-corrected chi connectivity index (χ4v) is 2.92. The molecule has 0 aromatic carbocycles. The van der Waals surface area contributed by atoms with Crippen LogP contribution in [0.5, 0.6) is 0 Å². The summed E-state index contributed by atoms with van der Waals surface area (Å²) in [5.41, 5.74) is -2.68. The highest BCUT2D eigenvalue weighted by molar-refractivity contribution is 5.72. The van der Waals surface area contributed by atoms with E-state index in [2.05, 4.69) is 0 Å². The van der Waals surface area contributed by atoms with Gasteiger partial charge in [0.15, 0.2) is 6.10 Å². The largest absolute Gasteiger partial charge is 0.479 e. The molecule has 0 amide bonds. The fourth-order valence-electron chi connectivity index (χ4n) is 2.92. The van der Waals surface area contributed by atoms with E-state index in [1.165, 1.54) is 18.1 Å². The van der Waals surface area contributed by atoms with Crippen LogP contribution in [0.3, 0.4) is 0 Å². The Morgan fingerprint density at radius 2 is 2.26 bits per heavy atom. The van der Waals surface area contributed by atoms with Gasteiger partial charge in [0, 0.05) is 32.3 Å². The Labute approximate surface area is 129 Å².